The summed E-state index contributed by atoms with van der Waals surface area (Å²) in [4.78, 5) is 0. The molecule has 1 atom stereocenters. The Kier molecular flexibility index (Phi) is 6.58. The number of likely N-dealkylation sites (N-methyl/N-ethyl adjacent to an activating group) is 1. The molecule has 1 saturated carbocycles. The van der Waals surface area contributed by atoms with E-state index >= 15 is 0 Å². The highest BCUT2D eigenvalue weighted by molar-refractivity contribution is 5.02. The average Bonchev–Trinajstić information content (AvgIpc) is 2.96. The lowest BCUT2D eigenvalue weighted by atomic mass is 9.96. The molecule has 0 bridgehead atoms. The maximum atomic E-state index is 4.83. The fraction of sp³-hybridized carbons (Fsp3) is 0.824. The Labute approximate surface area is 124 Å². The van der Waals surface area contributed by atoms with Gasteiger partial charge in [-0.15, -0.1) is 0 Å². The molecule has 3 nitrogen and oxygen atoms in total. The van der Waals surface area contributed by atoms with Crippen LogP contribution in [0.4, 0.5) is 0 Å². The minimum absolute atomic E-state index is 0.580. The summed E-state index contributed by atoms with van der Waals surface area (Å²) in [5.74, 6) is 0. The summed E-state index contributed by atoms with van der Waals surface area (Å²) in [5.41, 5.74) is 1.26. The fourth-order valence-corrected chi connectivity index (χ4v) is 3.28. The Morgan fingerprint density at radius 2 is 2.10 bits per heavy atom. The molecule has 2 rings (SSSR count). The first kappa shape index (κ1) is 15.6. The molecular weight excluding hydrogens is 246 g/mol. The van der Waals surface area contributed by atoms with Crippen LogP contribution in [0.25, 0.3) is 0 Å². The van der Waals surface area contributed by atoms with Crippen molar-refractivity contribution < 1.29 is 0 Å². The normalized spacial score (nSPS) is 18.3. The van der Waals surface area contributed by atoms with Gasteiger partial charge in [-0.3, -0.25) is 4.68 Å². The molecule has 1 aromatic rings. The van der Waals surface area contributed by atoms with Crippen LogP contribution in [0.1, 0.15) is 76.4 Å². The van der Waals surface area contributed by atoms with Gasteiger partial charge >= 0.3 is 0 Å². The van der Waals surface area contributed by atoms with Crippen molar-refractivity contribution in [1.82, 2.24) is 15.1 Å². The first-order chi connectivity index (χ1) is 9.83. The van der Waals surface area contributed by atoms with E-state index in [2.05, 4.69) is 36.2 Å². The fourth-order valence-electron chi connectivity index (χ4n) is 3.28. The highest BCUT2D eigenvalue weighted by Gasteiger charge is 2.16. The van der Waals surface area contributed by atoms with Gasteiger partial charge in [-0.05, 0) is 32.4 Å². The van der Waals surface area contributed by atoms with Gasteiger partial charge in [0.05, 0.1) is 11.7 Å². The van der Waals surface area contributed by atoms with E-state index < -0.39 is 0 Å². The summed E-state index contributed by atoms with van der Waals surface area (Å²) in [6.07, 6.45) is 15.3. The Hall–Kier alpha value is -0.830. The van der Waals surface area contributed by atoms with Crippen LogP contribution in [0, 0.1) is 0 Å². The molecule has 0 radical (unpaired) electrons. The van der Waals surface area contributed by atoms with Crippen molar-refractivity contribution in [2.24, 2.45) is 0 Å². The van der Waals surface area contributed by atoms with Crippen LogP contribution in [-0.2, 0) is 6.42 Å². The largest absolute Gasteiger partial charge is 0.317 e. The monoisotopic (exact) mass is 277 g/mol. The standard InChI is InChI=1S/C17H31N3/c1-3-4-6-9-15(18-2)14-16-12-13-20(19-16)17-10-7-5-8-11-17/h12-13,15,17-18H,3-11,14H2,1-2H3. The van der Waals surface area contributed by atoms with Crippen molar-refractivity contribution in [3.05, 3.63) is 18.0 Å². The Bertz CT molecular complexity index is 366. The number of nitrogens with zero attached hydrogens (tertiary/aromatic N) is 2. The van der Waals surface area contributed by atoms with E-state index in [1.54, 1.807) is 0 Å². The molecule has 1 fully saturated rings. The van der Waals surface area contributed by atoms with Crippen molar-refractivity contribution in [2.75, 3.05) is 7.05 Å². The average molecular weight is 277 g/mol. The van der Waals surface area contributed by atoms with E-state index in [1.165, 1.54) is 63.5 Å². The molecule has 1 heterocycles. The van der Waals surface area contributed by atoms with Crippen LogP contribution in [0.15, 0.2) is 12.3 Å². The zero-order chi connectivity index (χ0) is 14.2. The van der Waals surface area contributed by atoms with E-state index in [4.69, 9.17) is 5.10 Å². The summed E-state index contributed by atoms with van der Waals surface area (Å²) in [6, 6.07) is 3.46. The van der Waals surface area contributed by atoms with Gasteiger partial charge in [0.1, 0.15) is 0 Å². The van der Waals surface area contributed by atoms with Crippen LogP contribution in [-0.4, -0.2) is 22.9 Å². The first-order valence-corrected chi connectivity index (χ1v) is 8.54. The molecule has 3 heteroatoms. The van der Waals surface area contributed by atoms with Gasteiger partial charge in [0.25, 0.3) is 0 Å². The predicted molar refractivity (Wildman–Crippen MR) is 85.0 cm³/mol. The zero-order valence-corrected chi connectivity index (χ0v) is 13.3. The third-order valence-corrected chi connectivity index (χ3v) is 4.63. The van der Waals surface area contributed by atoms with Crippen LogP contribution in [0.3, 0.4) is 0 Å². The zero-order valence-electron chi connectivity index (χ0n) is 13.3. The number of aromatic nitrogens is 2. The molecule has 1 aliphatic carbocycles. The third-order valence-electron chi connectivity index (χ3n) is 4.63. The number of nitrogens with one attached hydrogen (secondary N) is 1. The van der Waals surface area contributed by atoms with E-state index in [0.29, 0.717) is 12.1 Å². The molecule has 1 aromatic heterocycles. The summed E-state index contributed by atoms with van der Waals surface area (Å²) in [7, 11) is 2.08. The van der Waals surface area contributed by atoms with E-state index in [-0.39, 0.29) is 0 Å². The van der Waals surface area contributed by atoms with Gasteiger partial charge in [-0.2, -0.15) is 5.10 Å². The number of hydrogen-bond donors (Lipinski definition) is 1. The second kappa shape index (κ2) is 8.46. The molecule has 0 aromatic carbocycles. The lowest BCUT2D eigenvalue weighted by Crippen LogP contribution is -2.27. The Balaban J connectivity index is 1.84. The Morgan fingerprint density at radius 1 is 1.30 bits per heavy atom. The van der Waals surface area contributed by atoms with Gasteiger partial charge in [0, 0.05) is 18.7 Å². The first-order valence-electron chi connectivity index (χ1n) is 8.54. The lowest BCUT2D eigenvalue weighted by molar-refractivity contribution is 0.327. The molecule has 114 valence electrons. The number of rotatable bonds is 8. The van der Waals surface area contributed by atoms with Crippen molar-refractivity contribution in [3.8, 4) is 0 Å². The quantitative estimate of drug-likeness (QED) is 0.725. The van der Waals surface area contributed by atoms with E-state index in [0.717, 1.165) is 6.42 Å². The summed E-state index contributed by atoms with van der Waals surface area (Å²) in [6.45, 7) is 2.26. The molecule has 0 amide bonds. The highest BCUT2D eigenvalue weighted by Crippen LogP contribution is 2.27. The molecule has 0 aliphatic heterocycles. The van der Waals surface area contributed by atoms with Crippen molar-refractivity contribution >= 4 is 0 Å². The highest BCUT2D eigenvalue weighted by atomic mass is 15.3. The third kappa shape index (κ3) is 4.62. The molecule has 20 heavy (non-hydrogen) atoms. The SMILES string of the molecule is CCCCCC(Cc1ccn(C2CCCCC2)n1)NC. The van der Waals surface area contributed by atoms with Crippen molar-refractivity contribution in [3.63, 3.8) is 0 Å². The summed E-state index contributed by atoms with van der Waals surface area (Å²) >= 11 is 0. The van der Waals surface area contributed by atoms with E-state index in [1.807, 2.05) is 0 Å². The minimum atomic E-state index is 0.580. The van der Waals surface area contributed by atoms with Crippen LogP contribution >= 0.6 is 0 Å². The van der Waals surface area contributed by atoms with Crippen LogP contribution < -0.4 is 5.32 Å². The van der Waals surface area contributed by atoms with E-state index in [9.17, 15) is 0 Å². The summed E-state index contributed by atoms with van der Waals surface area (Å²) in [5, 5.41) is 8.28. The molecular formula is C17H31N3. The molecule has 1 aliphatic rings. The minimum Gasteiger partial charge on any atom is -0.317 e. The molecule has 0 spiro atoms. The lowest BCUT2D eigenvalue weighted by Gasteiger charge is -2.22. The maximum absolute atomic E-state index is 4.83. The van der Waals surface area contributed by atoms with Crippen LogP contribution in [0.2, 0.25) is 0 Å². The molecule has 1 unspecified atom stereocenters. The maximum Gasteiger partial charge on any atom is 0.0640 e. The van der Waals surface area contributed by atoms with Crippen molar-refractivity contribution in [1.29, 1.82) is 0 Å². The van der Waals surface area contributed by atoms with Gasteiger partial charge < -0.3 is 5.32 Å². The molecule has 0 saturated heterocycles. The van der Waals surface area contributed by atoms with Gasteiger partial charge in [-0.1, -0.05) is 45.4 Å². The van der Waals surface area contributed by atoms with Gasteiger partial charge in [0.2, 0.25) is 0 Å². The predicted octanol–water partition coefficient (Wildman–Crippen LogP) is 4.10. The number of hydrogen-bond acceptors (Lipinski definition) is 2. The summed E-state index contributed by atoms with van der Waals surface area (Å²) < 4.78 is 2.23. The Morgan fingerprint density at radius 3 is 2.80 bits per heavy atom. The second-order valence-electron chi connectivity index (χ2n) is 6.26. The topological polar surface area (TPSA) is 29.9 Å². The van der Waals surface area contributed by atoms with Gasteiger partial charge in [-0.25, -0.2) is 0 Å². The molecule has 1 N–H and O–H groups in total. The number of unbranched alkanes of at least 4 members (excludes halogenated alkanes) is 2. The second-order valence-corrected chi connectivity index (χ2v) is 6.26. The van der Waals surface area contributed by atoms with Gasteiger partial charge in [0.15, 0.2) is 0 Å². The van der Waals surface area contributed by atoms with Crippen LogP contribution in [0.5, 0.6) is 0 Å². The van der Waals surface area contributed by atoms with Crippen molar-refractivity contribution in [2.45, 2.75) is 83.2 Å². The smallest absolute Gasteiger partial charge is 0.0640 e.